The number of halogens is 4. The standard InChI is InChI=1S/C17H15F4N7O/c1-28-8-12(6-25-28)26-16-24-7-13(14(22)29)15(27-16)23-5-9-2-10(17(19,20)21)4-11(18)3-9/h2-4,6-8H,5H2,1H3,(H2,22,29)(H2,23,24,26,27). The monoisotopic (exact) mass is 409 g/mol. The van der Waals surface area contributed by atoms with Crippen LogP contribution >= 0.6 is 0 Å². The van der Waals surface area contributed by atoms with Crippen LogP contribution in [0.25, 0.3) is 0 Å². The number of nitrogens with zero attached hydrogens (tertiary/aromatic N) is 4. The molecule has 3 aromatic rings. The lowest BCUT2D eigenvalue weighted by molar-refractivity contribution is -0.137. The quantitative estimate of drug-likeness (QED) is 0.540. The first-order valence-electron chi connectivity index (χ1n) is 8.15. The number of hydrogen-bond donors (Lipinski definition) is 3. The minimum absolute atomic E-state index is 0.00752. The first-order chi connectivity index (χ1) is 13.6. The number of hydrogen-bond acceptors (Lipinski definition) is 6. The SMILES string of the molecule is Cn1cc(Nc2ncc(C(N)=O)c(NCc3cc(F)cc(C(F)(F)F)c3)n2)cn1. The van der Waals surface area contributed by atoms with Gasteiger partial charge in [-0.1, -0.05) is 0 Å². The van der Waals surface area contributed by atoms with Crippen LogP contribution in [0, 0.1) is 5.82 Å². The Labute approximate surface area is 161 Å². The molecular formula is C17H15F4N7O. The molecule has 0 atom stereocenters. The Balaban J connectivity index is 1.84. The highest BCUT2D eigenvalue weighted by Gasteiger charge is 2.31. The second kappa shape index (κ2) is 7.73. The van der Waals surface area contributed by atoms with Gasteiger partial charge in [-0.05, 0) is 23.8 Å². The number of carbonyl (C=O) groups excluding carboxylic acids is 1. The van der Waals surface area contributed by atoms with E-state index in [1.165, 1.54) is 12.4 Å². The zero-order chi connectivity index (χ0) is 21.2. The van der Waals surface area contributed by atoms with Crippen molar-refractivity contribution in [2.24, 2.45) is 12.8 Å². The van der Waals surface area contributed by atoms with E-state index in [0.29, 0.717) is 11.8 Å². The van der Waals surface area contributed by atoms with Gasteiger partial charge in [0.1, 0.15) is 11.6 Å². The molecule has 0 radical (unpaired) electrons. The molecule has 0 aliphatic rings. The molecule has 8 nitrogen and oxygen atoms in total. The van der Waals surface area contributed by atoms with Crippen molar-refractivity contribution < 1.29 is 22.4 Å². The minimum Gasteiger partial charge on any atom is -0.365 e. The van der Waals surface area contributed by atoms with E-state index in [1.807, 2.05) is 0 Å². The van der Waals surface area contributed by atoms with Crippen molar-refractivity contribution in [2.45, 2.75) is 12.7 Å². The Kier molecular flexibility index (Phi) is 5.35. The lowest BCUT2D eigenvalue weighted by Gasteiger charge is -2.13. The lowest BCUT2D eigenvalue weighted by Crippen LogP contribution is -2.17. The van der Waals surface area contributed by atoms with Crippen LogP contribution in [0.1, 0.15) is 21.5 Å². The molecule has 0 spiro atoms. The summed E-state index contributed by atoms with van der Waals surface area (Å²) in [6.45, 7) is -0.232. The third-order valence-corrected chi connectivity index (χ3v) is 3.76. The average Bonchev–Trinajstić information content (AvgIpc) is 3.03. The Morgan fingerprint density at radius 3 is 2.62 bits per heavy atom. The van der Waals surface area contributed by atoms with Crippen LogP contribution in [0.2, 0.25) is 0 Å². The lowest BCUT2D eigenvalue weighted by atomic mass is 10.1. The van der Waals surface area contributed by atoms with Gasteiger partial charge in [0.05, 0.1) is 23.0 Å². The predicted molar refractivity (Wildman–Crippen MR) is 95.8 cm³/mol. The fraction of sp³-hybridized carbons (Fsp3) is 0.176. The summed E-state index contributed by atoms with van der Waals surface area (Å²) in [5, 5.41) is 9.54. The van der Waals surface area contributed by atoms with Crippen LogP contribution in [0.4, 0.5) is 35.0 Å². The number of alkyl halides is 3. The van der Waals surface area contributed by atoms with Crippen molar-refractivity contribution in [3.63, 3.8) is 0 Å². The van der Waals surface area contributed by atoms with Crippen molar-refractivity contribution in [3.05, 3.63) is 59.3 Å². The molecule has 4 N–H and O–H groups in total. The predicted octanol–water partition coefficient (Wildman–Crippen LogP) is 2.82. The van der Waals surface area contributed by atoms with Gasteiger partial charge < -0.3 is 16.4 Å². The maximum Gasteiger partial charge on any atom is 0.416 e. The number of aryl methyl sites for hydroxylation is 1. The molecule has 12 heteroatoms. The van der Waals surface area contributed by atoms with Crippen LogP contribution < -0.4 is 16.4 Å². The second-order valence-corrected chi connectivity index (χ2v) is 6.05. The van der Waals surface area contributed by atoms with Crippen LogP contribution in [-0.2, 0) is 19.8 Å². The van der Waals surface area contributed by atoms with E-state index in [-0.39, 0.29) is 29.4 Å². The Morgan fingerprint density at radius 2 is 2.00 bits per heavy atom. The molecule has 0 unspecified atom stereocenters. The number of anilines is 3. The van der Waals surface area contributed by atoms with Gasteiger partial charge in [0.25, 0.3) is 5.91 Å². The smallest absolute Gasteiger partial charge is 0.365 e. The van der Waals surface area contributed by atoms with Gasteiger partial charge in [-0.25, -0.2) is 9.37 Å². The van der Waals surface area contributed by atoms with Crippen LogP contribution in [0.5, 0.6) is 0 Å². The summed E-state index contributed by atoms with van der Waals surface area (Å²) in [7, 11) is 1.71. The number of primary amides is 1. The van der Waals surface area contributed by atoms with Crippen LogP contribution in [-0.4, -0.2) is 25.7 Å². The number of rotatable bonds is 6. The summed E-state index contributed by atoms with van der Waals surface area (Å²) in [6.07, 6.45) is -0.345. The summed E-state index contributed by atoms with van der Waals surface area (Å²) in [5.74, 6) is -1.79. The van der Waals surface area contributed by atoms with Gasteiger partial charge in [-0.15, -0.1) is 0 Å². The van der Waals surface area contributed by atoms with Crippen molar-refractivity contribution in [3.8, 4) is 0 Å². The van der Waals surface area contributed by atoms with Gasteiger partial charge in [0.15, 0.2) is 0 Å². The maximum atomic E-state index is 13.6. The molecular weight excluding hydrogens is 394 g/mol. The third-order valence-electron chi connectivity index (χ3n) is 3.76. The van der Waals surface area contributed by atoms with Gasteiger partial charge in [0, 0.05) is 26.0 Å². The Morgan fingerprint density at radius 1 is 1.24 bits per heavy atom. The fourth-order valence-corrected chi connectivity index (χ4v) is 2.47. The summed E-state index contributed by atoms with van der Waals surface area (Å²) in [4.78, 5) is 19.7. The number of nitrogens with two attached hydrogens (primary N) is 1. The second-order valence-electron chi connectivity index (χ2n) is 6.05. The van der Waals surface area contributed by atoms with Crippen molar-refractivity contribution in [1.29, 1.82) is 0 Å². The van der Waals surface area contributed by atoms with Crippen LogP contribution in [0.3, 0.4) is 0 Å². The number of nitrogens with one attached hydrogen (secondary N) is 2. The molecule has 0 fully saturated rings. The molecule has 152 valence electrons. The first kappa shape index (κ1) is 20.0. The van der Waals surface area contributed by atoms with Gasteiger partial charge >= 0.3 is 6.18 Å². The zero-order valence-corrected chi connectivity index (χ0v) is 15.0. The molecule has 1 amide bonds. The number of amides is 1. The fourth-order valence-electron chi connectivity index (χ4n) is 2.47. The van der Waals surface area contributed by atoms with E-state index in [0.717, 1.165) is 12.1 Å². The van der Waals surface area contributed by atoms with Gasteiger partial charge in [0.2, 0.25) is 5.95 Å². The molecule has 2 heterocycles. The van der Waals surface area contributed by atoms with E-state index in [4.69, 9.17) is 5.73 Å². The minimum atomic E-state index is -4.69. The zero-order valence-electron chi connectivity index (χ0n) is 15.0. The van der Waals surface area contributed by atoms with E-state index in [1.54, 1.807) is 17.9 Å². The molecule has 2 aromatic heterocycles. The number of aromatic nitrogens is 4. The largest absolute Gasteiger partial charge is 0.416 e. The maximum absolute atomic E-state index is 13.6. The van der Waals surface area contributed by atoms with Gasteiger partial charge in [-0.2, -0.15) is 23.3 Å². The Bertz CT molecular complexity index is 1050. The van der Waals surface area contributed by atoms with E-state index < -0.39 is 23.5 Å². The van der Waals surface area contributed by atoms with E-state index in [9.17, 15) is 22.4 Å². The highest BCUT2D eigenvalue weighted by molar-refractivity contribution is 5.97. The highest BCUT2D eigenvalue weighted by atomic mass is 19.4. The molecule has 0 saturated carbocycles. The molecule has 0 saturated heterocycles. The summed E-state index contributed by atoms with van der Waals surface area (Å²) >= 11 is 0. The molecule has 0 aliphatic heterocycles. The number of benzene rings is 1. The van der Waals surface area contributed by atoms with Crippen molar-refractivity contribution in [2.75, 3.05) is 10.6 Å². The topological polar surface area (TPSA) is 111 Å². The number of carbonyl (C=O) groups is 1. The normalized spacial score (nSPS) is 11.3. The summed E-state index contributed by atoms with van der Waals surface area (Å²) < 4.78 is 53.7. The van der Waals surface area contributed by atoms with Crippen LogP contribution in [0.15, 0.2) is 36.8 Å². The molecule has 3 rings (SSSR count). The summed E-state index contributed by atoms with van der Waals surface area (Å²) in [5.41, 5.74) is 4.68. The van der Waals surface area contributed by atoms with Crippen molar-refractivity contribution >= 4 is 23.4 Å². The molecule has 0 aliphatic carbocycles. The third kappa shape index (κ3) is 4.97. The summed E-state index contributed by atoms with van der Waals surface area (Å²) in [6, 6.07) is 2.15. The van der Waals surface area contributed by atoms with E-state index >= 15 is 0 Å². The first-order valence-corrected chi connectivity index (χ1v) is 8.15. The molecule has 1 aromatic carbocycles. The van der Waals surface area contributed by atoms with Gasteiger partial charge in [-0.3, -0.25) is 9.48 Å². The van der Waals surface area contributed by atoms with E-state index in [2.05, 4.69) is 25.7 Å². The molecule has 29 heavy (non-hydrogen) atoms. The Hall–Kier alpha value is -3.70. The van der Waals surface area contributed by atoms with Crippen molar-refractivity contribution in [1.82, 2.24) is 19.7 Å². The average molecular weight is 409 g/mol. The highest BCUT2D eigenvalue weighted by Crippen LogP contribution is 2.30. The molecule has 0 bridgehead atoms.